The normalized spacial score (nSPS) is 15.5. The molecule has 1 aliphatic rings. The molecular formula is C18H19N5O2. The topological polar surface area (TPSA) is 72.6 Å². The second-order valence-electron chi connectivity index (χ2n) is 6.15. The van der Waals surface area contributed by atoms with Gasteiger partial charge in [-0.25, -0.2) is 4.98 Å². The molecule has 0 N–H and O–H groups in total. The minimum Gasteiger partial charge on any atom is -0.473 e. The number of nitrogens with zero attached hydrogens (tertiary/aromatic N) is 5. The maximum atomic E-state index is 13.0. The summed E-state index contributed by atoms with van der Waals surface area (Å²) in [6, 6.07) is 9.34. The van der Waals surface area contributed by atoms with Crippen LogP contribution in [-0.2, 0) is 0 Å². The van der Waals surface area contributed by atoms with Gasteiger partial charge in [-0.3, -0.25) is 9.20 Å². The molecule has 128 valence electrons. The van der Waals surface area contributed by atoms with Crippen LogP contribution < -0.4 is 4.74 Å². The molecule has 0 unspecified atom stereocenters. The van der Waals surface area contributed by atoms with Crippen LogP contribution in [0.15, 0.2) is 42.7 Å². The lowest BCUT2D eigenvalue weighted by Crippen LogP contribution is -2.42. The first kappa shape index (κ1) is 15.6. The maximum Gasteiger partial charge on any atom is 0.272 e. The fourth-order valence-electron chi connectivity index (χ4n) is 3.22. The number of carbonyl (C=O) groups excluding carboxylic acids is 1. The van der Waals surface area contributed by atoms with E-state index in [4.69, 9.17) is 4.74 Å². The third-order valence-corrected chi connectivity index (χ3v) is 4.47. The minimum absolute atomic E-state index is 0.0224. The fourth-order valence-corrected chi connectivity index (χ4v) is 3.22. The summed E-state index contributed by atoms with van der Waals surface area (Å²) >= 11 is 0. The summed E-state index contributed by atoms with van der Waals surface area (Å²) in [5.74, 6) is 0.555. The van der Waals surface area contributed by atoms with Crippen molar-refractivity contribution in [3.05, 3.63) is 54.1 Å². The first-order valence-corrected chi connectivity index (χ1v) is 8.39. The Balaban J connectivity index is 1.45. The van der Waals surface area contributed by atoms with E-state index in [2.05, 4.69) is 15.2 Å². The number of hydrogen-bond donors (Lipinski definition) is 0. The van der Waals surface area contributed by atoms with Crippen molar-refractivity contribution in [2.45, 2.75) is 25.9 Å². The van der Waals surface area contributed by atoms with Crippen molar-refractivity contribution in [2.75, 3.05) is 13.1 Å². The van der Waals surface area contributed by atoms with Gasteiger partial charge in [-0.05, 0) is 25.1 Å². The summed E-state index contributed by atoms with van der Waals surface area (Å²) in [6.45, 7) is 3.19. The van der Waals surface area contributed by atoms with Gasteiger partial charge in [-0.1, -0.05) is 6.07 Å². The third kappa shape index (κ3) is 3.05. The molecule has 0 spiro atoms. The highest BCUT2D eigenvalue weighted by Gasteiger charge is 2.28. The number of pyridine rings is 1. The lowest BCUT2D eigenvalue weighted by molar-refractivity contribution is 0.0579. The smallest absolute Gasteiger partial charge is 0.272 e. The molecule has 3 aromatic rings. The Hall–Kier alpha value is -2.96. The number of carbonyl (C=O) groups is 1. The van der Waals surface area contributed by atoms with E-state index < -0.39 is 0 Å². The first-order valence-electron chi connectivity index (χ1n) is 8.39. The molecule has 7 nitrogen and oxygen atoms in total. The summed E-state index contributed by atoms with van der Waals surface area (Å²) < 4.78 is 7.70. The predicted molar refractivity (Wildman–Crippen MR) is 91.5 cm³/mol. The van der Waals surface area contributed by atoms with Crippen molar-refractivity contribution in [3.8, 4) is 5.88 Å². The number of amides is 1. The molecule has 0 atom stereocenters. The van der Waals surface area contributed by atoms with Crippen LogP contribution in [-0.4, -0.2) is 49.6 Å². The summed E-state index contributed by atoms with van der Waals surface area (Å²) in [5, 5.41) is 7.77. The van der Waals surface area contributed by atoms with Gasteiger partial charge in [0.2, 0.25) is 5.88 Å². The summed E-state index contributed by atoms with van der Waals surface area (Å²) in [7, 11) is 0. The van der Waals surface area contributed by atoms with E-state index in [-0.39, 0.29) is 12.0 Å². The van der Waals surface area contributed by atoms with E-state index in [9.17, 15) is 4.79 Å². The molecule has 1 saturated heterocycles. The van der Waals surface area contributed by atoms with Crippen molar-refractivity contribution in [2.24, 2.45) is 0 Å². The quantitative estimate of drug-likeness (QED) is 0.732. The van der Waals surface area contributed by atoms with Gasteiger partial charge in [0.05, 0.1) is 5.69 Å². The van der Waals surface area contributed by atoms with Crippen LogP contribution in [0.5, 0.6) is 5.88 Å². The highest BCUT2D eigenvalue weighted by atomic mass is 16.5. The Labute approximate surface area is 145 Å². The maximum absolute atomic E-state index is 13.0. The van der Waals surface area contributed by atoms with Gasteiger partial charge in [-0.2, -0.15) is 5.10 Å². The summed E-state index contributed by atoms with van der Waals surface area (Å²) in [4.78, 5) is 19.3. The van der Waals surface area contributed by atoms with E-state index in [0.717, 1.165) is 24.2 Å². The molecule has 25 heavy (non-hydrogen) atoms. The summed E-state index contributed by atoms with van der Waals surface area (Å²) in [6.07, 6.45) is 5.11. The molecule has 1 amide bonds. The van der Waals surface area contributed by atoms with Crippen molar-refractivity contribution in [3.63, 3.8) is 0 Å². The average Bonchev–Trinajstić information content (AvgIpc) is 2.98. The van der Waals surface area contributed by atoms with Crippen molar-refractivity contribution in [1.82, 2.24) is 24.5 Å². The van der Waals surface area contributed by atoms with Crippen molar-refractivity contribution in [1.29, 1.82) is 0 Å². The van der Waals surface area contributed by atoms with Gasteiger partial charge >= 0.3 is 0 Å². The number of imidazole rings is 1. The SMILES string of the molecule is Cc1nc2ccccn2c1C(=O)N1CCC(Oc2cccnn2)CC1. The number of piperidine rings is 1. The number of aromatic nitrogens is 4. The lowest BCUT2D eigenvalue weighted by atomic mass is 10.1. The molecule has 1 fully saturated rings. The van der Waals surface area contributed by atoms with Crippen molar-refractivity contribution >= 4 is 11.6 Å². The molecule has 1 aliphatic heterocycles. The number of ether oxygens (including phenoxy) is 1. The molecule has 0 radical (unpaired) electrons. The van der Waals surface area contributed by atoms with Crippen LogP contribution in [0.25, 0.3) is 5.65 Å². The molecular weight excluding hydrogens is 318 g/mol. The van der Waals surface area contributed by atoms with Gasteiger partial charge in [0.15, 0.2) is 0 Å². The Morgan fingerprint density at radius 2 is 2.04 bits per heavy atom. The largest absolute Gasteiger partial charge is 0.473 e. The van der Waals surface area contributed by atoms with Crippen LogP contribution in [0.1, 0.15) is 29.0 Å². The Morgan fingerprint density at radius 3 is 2.80 bits per heavy atom. The highest BCUT2D eigenvalue weighted by Crippen LogP contribution is 2.20. The van der Waals surface area contributed by atoms with Gasteiger partial charge in [-0.15, -0.1) is 5.10 Å². The minimum atomic E-state index is 0.0224. The van der Waals surface area contributed by atoms with Crippen LogP contribution in [0.4, 0.5) is 0 Å². The Kier molecular flexibility index (Phi) is 4.05. The predicted octanol–water partition coefficient (Wildman–Crippen LogP) is 2.12. The molecule has 0 aromatic carbocycles. The zero-order valence-electron chi connectivity index (χ0n) is 14.0. The van der Waals surface area contributed by atoms with Gasteiger partial charge in [0, 0.05) is 44.4 Å². The Morgan fingerprint density at radius 1 is 1.20 bits per heavy atom. The number of fused-ring (bicyclic) bond motifs is 1. The highest BCUT2D eigenvalue weighted by molar-refractivity contribution is 5.94. The van der Waals surface area contributed by atoms with Gasteiger partial charge in [0.1, 0.15) is 17.4 Å². The zero-order chi connectivity index (χ0) is 17.2. The van der Waals surface area contributed by atoms with Crippen molar-refractivity contribution < 1.29 is 9.53 Å². The van der Waals surface area contributed by atoms with E-state index in [1.165, 1.54) is 0 Å². The molecule has 0 bridgehead atoms. The van der Waals surface area contributed by atoms with Crippen LogP contribution in [0.2, 0.25) is 0 Å². The zero-order valence-corrected chi connectivity index (χ0v) is 14.0. The molecule has 0 aliphatic carbocycles. The number of aryl methyl sites for hydroxylation is 1. The van der Waals surface area contributed by atoms with E-state index in [1.807, 2.05) is 40.6 Å². The molecule has 7 heteroatoms. The van der Waals surface area contributed by atoms with Crippen LogP contribution >= 0.6 is 0 Å². The monoisotopic (exact) mass is 337 g/mol. The van der Waals surface area contributed by atoms with E-state index in [1.54, 1.807) is 18.3 Å². The van der Waals surface area contributed by atoms with E-state index in [0.29, 0.717) is 24.7 Å². The average molecular weight is 337 g/mol. The molecule has 0 saturated carbocycles. The van der Waals surface area contributed by atoms with Gasteiger partial charge < -0.3 is 9.64 Å². The number of rotatable bonds is 3. The number of hydrogen-bond acceptors (Lipinski definition) is 5. The second-order valence-corrected chi connectivity index (χ2v) is 6.15. The second kappa shape index (κ2) is 6.51. The van der Waals surface area contributed by atoms with Gasteiger partial charge in [0.25, 0.3) is 5.91 Å². The number of likely N-dealkylation sites (tertiary alicyclic amines) is 1. The molecule has 3 aromatic heterocycles. The first-order chi connectivity index (χ1) is 12.2. The summed E-state index contributed by atoms with van der Waals surface area (Å²) in [5.41, 5.74) is 2.20. The fraction of sp³-hybridized carbons (Fsp3) is 0.333. The van der Waals surface area contributed by atoms with Crippen LogP contribution in [0, 0.1) is 6.92 Å². The standard InChI is InChI=1S/C18H19N5O2/c1-13-17(23-10-3-2-5-15(23)20-13)18(24)22-11-7-14(8-12-22)25-16-6-4-9-19-21-16/h2-6,9-10,14H,7-8,11-12H2,1H3. The lowest BCUT2D eigenvalue weighted by Gasteiger charge is -2.31. The third-order valence-electron chi connectivity index (χ3n) is 4.47. The Bertz CT molecular complexity index is 885. The molecule has 4 rings (SSSR count). The molecule has 4 heterocycles. The van der Waals surface area contributed by atoms with E-state index >= 15 is 0 Å². The van der Waals surface area contributed by atoms with Crippen LogP contribution in [0.3, 0.4) is 0 Å².